The molecule has 1 unspecified atom stereocenters. The summed E-state index contributed by atoms with van der Waals surface area (Å²) in [6.07, 6.45) is 4.02. The molecule has 0 saturated heterocycles. The van der Waals surface area contributed by atoms with Gasteiger partial charge in [-0.3, -0.25) is 0 Å². The van der Waals surface area contributed by atoms with Gasteiger partial charge in [-0.15, -0.1) is 0 Å². The van der Waals surface area contributed by atoms with Crippen LogP contribution in [0.4, 0.5) is 5.95 Å². The van der Waals surface area contributed by atoms with Gasteiger partial charge in [0.1, 0.15) is 0 Å². The van der Waals surface area contributed by atoms with Gasteiger partial charge < -0.3 is 10.1 Å². The lowest BCUT2D eigenvalue weighted by Crippen LogP contribution is -2.18. The fraction of sp³-hybridized carbons (Fsp3) is 0.727. The minimum atomic E-state index is 0.149. The Morgan fingerprint density at radius 1 is 1.39 bits per heavy atom. The van der Waals surface area contributed by atoms with Crippen LogP contribution in [0.1, 0.15) is 26.7 Å². The number of hydrogen-bond donors (Lipinski definition) is 1. The summed E-state index contributed by atoms with van der Waals surface area (Å²) < 4.78 is 5.35. The molecule has 0 radical (unpaired) electrons. The van der Waals surface area contributed by atoms with E-state index in [1.165, 1.54) is 0 Å². The van der Waals surface area contributed by atoms with E-state index in [-0.39, 0.29) is 17.3 Å². The molecule has 0 amide bonds. The van der Waals surface area contributed by atoms with Crippen LogP contribution >= 0.6 is 23.4 Å². The van der Waals surface area contributed by atoms with Crippen molar-refractivity contribution >= 4 is 29.3 Å². The molecular formula is C11H19ClN4OS. The van der Waals surface area contributed by atoms with Gasteiger partial charge in [0.25, 0.3) is 0 Å². The zero-order chi connectivity index (χ0) is 13.4. The van der Waals surface area contributed by atoms with E-state index in [0.717, 1.165) is 18.6 Å². The van der Waals surface area contributed by atoms with Crippen molar-refractivity contribution in [2.75, 3.05) is 23.9 Å². The second-order valence-electron chi connectivity index (χ2n) is 3.89. The molecule has 0 fully saturated rings. The molecule has 5 nitrogen and oxygen atoms in total. The van der Waals surface area contributed by atoms with Gasteiger partial charge >= 0.3 is 6.01 Å². The molecule has 1 atom stereocenters. The summed E-state index contributed by atoms with van der Waals surface area (Å²) in [6.45, 7) is 4.68. The second-order valence-corrected chi connectivity index (χ2v) is 5.21. The third-order valence-corrected chi connectivity index (χ3v) is 2.97. The minimum Gasteiger partial charge on any atom is -0.463 e. The monoisotopic (exact) mass is 290 g/mol. The van der Waals surface area contributed by atoms with Gasteiger partial charge in [-0.1, -0.05) is 6.92 Å². The fourth-order valence-electron chi connectivity index (χ4n) is 1.24. The van der Waals surface area contributed by atoms with Crippen molar-refractivity contribution in [1.29, 1.82) is 0 Å². The first-order chi connectivity index (χ1) is 8.65. The maximum absolute atomic E-state index is 5.83. The van der Waals surface area contributed by atoms with Crippen LogP contribution in [0.3, 0.4) is 0 Å². The van der Waals surface area contributed by atoms with Crippen molar-refractivity contribution in [2.45, 2.75) is 32.7 Å². The van der Waals surface area contributed by atoms with Gasteiger partial charge in [0.05, 0.1) is 6.61 Å². The van der Waals surface area contributed by atoms with Gasteiger partial charge in [0, 0.05) is 6.04 Å². The Morgan fingerprint density at radius 3 is 2.83 bits per heavy atom. The number of aromatic nitrogens is 3. The molecule has 7 heteroatoms. The molecule has 18 heavy (non-hydrogen) atoms. The van der Waals surface area contributed by atoms with Crippen LogP contribution in [-0.4, -0.2) is 39.6 Å². The molecule has 1 aromatic heterocycles. The Labute approximate surface area is 117 Å². The quantitative estimate of drug-likeness (QED) is 0.794. The van der Waals surface area contributed by atoms with Gasteiger partial charge in [0.15, 0.2) is 0 Å². The van der Waals surface area contributed by atoms with Crippen LogP contribution < -0.4 is 10.1 Å². The lowest BCUT2D eigenvalue weighted by atomic mass is 10.3. The SMILES string of the molecule is CCCOc1nc(Cl)nc(NC(C)CCSC)n1. The molecule has 1 rings (SSSR count). The highest BCUT2D eigenvalue weighted by molar-refractivity contribution is 7.98. The Bertz CT molecular complexity index is 367. The Kier molecular flexibility index (Phi) is 7.12. The zero-order valence-corrected chi connectivity index (χ0v) is 12.5. The average molecular weight is 291 g/mol. The molecule has 0 aliphatic heterocycles. The Hall–Kier alpha value is -0.750. The molecule has 0 aliphatic rings. The Balaban J connectivity index is 2.61. The molecule has 0 spiro atoms. The number of rotatable bonds is 8. The molecule has 0 saturated carbocycles. The summed E-state index contributed by atoms with van der Waals surface area (Å²) in [7, 11) is 0. The molecular weight excluding hydrogens is 272 g/mol. The Morgan fingerprint density at radius 2 is 2.17 bits per heavy atom. The third kappa shape index (κ3) is 5.73. The highest BCUT2D eigenvalue weighted by Gasteiger charge is 2.08. The largest absolute Gasteiger partial charge is 0.463 e. The lowest BCUT2D eigenvalue weighted by Gasteiger charge is -2.13. The first-order valence-corrected chi connectivity index (χ1v) is 7.72. The van der Waals surface area contributed by atoms with E-state index in [4.69, 9.17) is 16.3 Å². The van der Waals surface area contributed by atoms with Crippen molar-refractivity contribution in [1.82, 2.24) is 15.0 Å². The van der Waals surface area contributed by atoms with E-state index in [1.54, 1.807) is 0 Å². The van der Waals surface area contributed by atoms with Crippen molar-refractivity contribution in [3.63, 3.8) is 0 Å². The highest BCUT2D eigenvalue weighted by Crippen LogP contribution is 2.13. The smallest absolute Gasteiger partial charge is 0.322 e. The predicted octanol–water partition coefficient (Wildman–Crippen LogP) is 2.87. The summed E-state index contributed by atoms with van der Waals surface area (Å²) >= 11 is 7.64. The first kappa shape index (κ1) is 15.3. The van der Waals surface area contributed by atoms with Crippen molar-refractivity contribution < 1.29 is 4.74 Å². The number of anilines is 1. The molecule has 1 aromatic rings. The number of nitrogens with one attached hydrogen (secondary N) is 1. The lowest BCUT2D eigenvalue weighted by molar-refractivity contribution is 0.291. The second kappa shape index (κ2) is 8.37. The predicted molar refractivity (Wildman–Crippen MR) is 76.7 cm³/mol. The topological polar surface area (TPSA) is 59.9 Å². The van der Waals surface area contributed by atoms with Gasteiger partial charge in [-0.05, 0) is 43.4 Å². The molecule has 1 N–H and O–H groups in total. The summed E-state index contributed by atoms with van der Waals surface area (Å²) in [6, 6.07) is 0.561. The third-order valence-electron chi connectivity index (χ3n) is 2.15. The van der Waals surface area contributed by atoms with E-state index in [0.29, 0.717) is 12.6 Å². The average Bonchev–Trinajstić information content (AvgIpc) is 2.33. The van der Waals surface area contributed by atoms with Crippen molar-refractivity contribution in [3.05, 3.63) is 5.28 Å². The highest BCUT2D eigenvalue weighted by atomic mass is 35.5. The molecule has 0 bridgehead atoms. The maximum atomic E-state index is 5.83. The normalized spacial score (nSPS) is 12.2. The number of thioether (sulfide) groups is 1. The van der Waals surface area contributed by atoms with Crippen LogP contribution in [-0.2, 0) is 0 Å². The van der Waals surface area contributed by atoms with Crippen LogP contribution in [0.25, 0.3) is 0 Å². The van der Waals surface area contributed by atoms with Crippen molar-refractivity contribution in [2.24, 2.45) is 0 Å². The standard InChI is InChI=1S/C11H19ClN4OS/c1-4-6-17-11-15-9(12)14-10(16-11)13-8(2)5-7-18-3/h8H,4-7H2,1-3H3,(H,13,14,15,16). The van der Waals surface area contributed by atoms with Crippen LogP contribution in [0.15, 0.2) is 0 Å². The fourth-order valence-corrected chi connectivity index (χ4v) is 1.98. The molecule has 0 aliphatic carbocycles. The first-order valence-electron chi connectivity index (χ1n) is 5.95. The molecule has 1 heterocycles. The van der Waals surface area contributed by atoms with Crippen molar-refractivity contribution in [3.8, 4) is 6.01 Å². The zero-order valence-electron chi connectivity index (χ0n) is 10.9. The maximum Gasteiger partial charge on any atom is 0.322 e. The van der Waals surface area contributed by atoms with E-state index in [1.807, 2.05) is 18.7 Å². The number of halogens is 1. The van der Waals surface area contributed by atoms with Crippen LogP contribution in [0, 0.1) is 0 Å². The van der Waals surface area contributed by atoms with E-state index >= 15 is 0 Å². The van der Waals surface area contributed by atoms with E-state index in [2.05, 4.69) is 33.4 Å². The summed E-state index contributed by atoms with van der Waals surface area (Å²) in [5.74, 6) is 1.56. The minimum absolute atomic E-state index is 0.149. The van der Waals surface area contributed by atoms with Gasteiger partial charge in [-0.2, -0.15) is 26.7 Å². The van der Waals surface area contributed by atoms with Crippen LogP contribution in [0.5, 0.6) is 6.01 Å². The van der Waals surface area contributed by atoms with Gasteiger partial charge in [-0.25, -0.2) is 0 Å². The number of nitrogens with zero attached hydrogens (tertiary/aromatic N) is 3. The molecule has 0 aromatic carbocycles. The van der Waals surface area contributed by atoms with E-state index in [9.17, 15) is 0 Å². The number of ether oxygens (including phenoxy) is 1. The summed E-state index contributed by atoms with van der Waals surface area (Å²) in [5, 5.41) is 3.34. The van der Waals surface area contributed by atoms with E-state index < -0.39 is 0 Å². The van der Waals surface area contributed by atoms with Crippen LogP contribution in [0.2, 0.25) is 5.28 Å². The van der Waals surface area contributed by atoms with Gasteiger partial charge in [0.2, 0.25) is 11.2 Å². The molecule has 102 valence electrons. The number of hydrogen-bond acceptors (Lipinski definition) is 6. The summed E-state index contributed by atoms with van der Waals surface area (Å²) in [5.41, 5.74) is 0. The summed E-state index contributed by atoms with van der Waals surface area (Å²) in [4.78, 5) is 12.1.